The fourth-order valence-corrected chi connectivity index (χ4v) is 6.06. The zero-order chi connectivity index (χ0) is 58.7. The number of nitro groups is 4. The Labute approximate surface area is 495 Å². The van der Waals surface area contributed by atoms with E-state index in [2.05, 4.69) is 48.3 Å². The summed E-state index contributed by atoms with van der Waals surface area (Å²) in [6.07, 6.45) is 16.1. The zero-order valence-corrected chi connectivity index (χ0v) is 49.1. The maximum atomic E-state index is 10.7. The molecule has 3 radical (unpaired) electrons. The van der Waals surface area contributed by atoms with Crippen molar-refractivity contribution < 1.29 is 96.6 Å². The van der Waals surface area contributed by atoms with Crippen LogP contribution < -0.4 is 39.6 Å². The van der Waals surface area contributed by atoms with Crippen LogP contribution in [0.1, 0.15) is 13.4 Å². The average molecular weight is 1220 g/mol. The Morgan fingerprint density at radius 2 is 1.02 bits per heavy atom. The van der Waals surface area contributed by atoms with Crippen molar-refractivity contribution in [1.29, 1.82) is 0 Å². The minimum absolute atomic E-state index is 0. The Bertz CT molecular complexity index is 3290. The molecule has 419 valence electrons. The first-order chi connectivity index (χ1) is 36.4. The molecule has 31 heteroatoms. The van der Waals surface area contributed by atoms with E-state index >= 15 is 0 Å². The first-order valence-electron chi connectivity index (χ1n) is 22.2. The predicted molar refractivity (Wildman–Crippen MR) is 303 cm³/mol. The molecule has 0 bridgehead atoms. The minimum Gasteiger partial charge on any atom is -1.00 e. The molecule has 0 aliphatic carbocycles. The van der Waals surface area contributed by atoms with Gasteiger partial charge in [0.1, 0.15) is 16.7 Å². The maximum absolute atomic E-state index is 10.7. The van der Waals surface area contributed by atoms with Crippen molar-refractivity contribution in [2.45, 2.75) is 6.42 Å². The second kappa shape index (κ2) is 35.7. The van der Waals surface area contributed by atoms with Crippen molar-refractivity contribution in [2.24, 2.45) is 7.05 Å². The number of hydrogen-bond acceptors (Lipinski definition) is 19. The molecule has 0 atom stereocenters. The first kappa shape index (κ1) is 73.1. The van der Waals surface area contributed by atoms with Gasteiger partial charge in [0.05, 0.1) is 29.8 Å². The standard InChI is InChI=1S/C12H14N2O2.C12H11N2O2.C11H8N2O2.C6H6BNO4.C5H4BrN.C2H8O4S.CH4O3S.B.Na.H/c2*1-13-7-5-10(6-8-13)11-3-2-4-12(9-11)14(15)16;14-13(15)11-3-1-2-10(8-11)9-4-6-12-7-5-9;9-7(10)5-2-1-3-6(4-5)8(11)12;6-5-1-3-7-4-2-5;1-7(2,4,5)6-3;1-5(2,3)4;;;/h2-5,9H,6-8H2,1H3;2-9H,1H3;1-8H;1-4,9-10H;1-4H;3H,1-2H3,(H,4,5);1H3,(H,2,3,4);;;/q;+1;;;;;;;+1;-1/p-1. The Kier molecular flexibility index (Phi) is 32.6. The third kappa shape index (κ3) is 31.6. The van der Waals surface area contributed by atoms with Crippen molar-refractivity contribution in [3.8, 4) is 22.3 Å². The quantitative estimate of drug-likeness (QED) is 0.0396. The van der Waals surface area contributed by atoms with E-state index in [-0.39, 0.29) is 77.5 Å². The molecule has 0 unspecified atom stereocenters. The Balaban J connectivity index is 0. The van der Waals surface area contributed by atoms with Gasteiger partial charge in [-0.3, -0.25) is 50.4 Å². The van der Waals surface area contributed by atoms with Crippen LogP contribution >= 0.6 is 15.9 Å². The summed E-state index contributed by atoms with van der Waals surface area (Å²) >= 11 is 3.27. The number of pyridine rings is 3. The Morgan fingerprint density at radius 1 is 0.675 bits per heavy atom. The molecule has 7 aromatic rings. The summed E-state index contributed by atoms with van der Waals surface area (Å²) in [5.74, 6) is 0. The minimum atomic E-state index is -4.06. The van der Waals surface area contributed by atoms with Crippen LogP contribution in [-0.2, 0) is 31.1 Å². The summed E-state index contributed by atoms with van der Waals surface area (Å²) in [6, 6.07) is 36.5. The third-order valence-corrected chi connectivity index (χ3v) is 10.5. The van der Waals surface area contributed by atoms with Gasteiger partial charge < -0.3 is 25.5 Å². The first-order valence-corrected chi connectivity index (χ1v) is 27.4. The van der Waals surface area contributed by atoms with E-state index in [0.717, 1.165) is 70.4 Å². The SMILES string of the molecule is Brc1ccncc1.CN1CC=C(c2cccc([N+](=O)[O-])c2)CC1.CS(=O)(=O)[O-].CS(C)(=O)(O)OO.C[n+]1ccc(-c2cccc([N+](=O)[O-])c2)cc1.O=[N+]([O-])c1cccc(-c2ccncc2)c1.O=[N+]([O-])c1cccc(B(O)O)c1.[B].[H-].[Na+]. The fraction of sp³-hybridized carbons (Fsp3) is 0.163. The summed E-state index contributed by atoms with van der Waals surface area (Å²) in [5, 5.41) is 67.1. The monoisotopic (exact) mass is 1220 g/mol. The normalized spacial score (nSPS) is 11.7. The Morgan fingerprint density at radius 3 is 1.36 bits per heavy atom. The van der Waals surface area contributed by atoms with Crippen LogP contribution in [0.15, 0.2) is 181 Å². The van der Waals surface area contributed by atoms with Crippen molar-refractivity contribution in [3.63, 3.8) is 0 Å². The molecule has 0 saturated carbocycles. The van der Waals surface area contributed by atoms with E-state index in [1.165, 1.54) is 42.0 Å². The van der Waals surface area contributed by atoms with Gasteiger partial charge in [-0.05, 0) is 76.6 Å². The van der Waals surface area contributed by atoms with Crippen molar-refractivity contribution in [2.75, 3.05) is 38.9 Å². The van der Waals surface area contributed by atoms with Crippen LogP contribution in [0.3, 0.4) is 0 Å². The molecule has 8 rings (SSSR count). The molecule has 25 nitrogen and oxygen atoms in total. The van der Waals surface area contributed by atoms with Gasteiger partial charge in [0, 0.05) is 130 Å². The number of non-ortho nitro benzene ring substituents is 4. The number of rotatable bonds is 9. The van der Waals surface area contributed by atoms with Crippen molar-refractivity contribution in [1.82, 2.24) is 14.9 Å². The van der Waals surface area contributed by atoms with Crippen LogP contribution in [0.4, 0.5) is 22.7 Å². The molecular formula is C49H55B2BrN8NaO17S2. The summed E-state index contributed by atoms with van der Waals surface area (Å²) in [7, 11) is -5.64. The van der Waals surface area contributed by atoms with Gasteiger partial charge in [0.25, 0.3) is 22.7 Å². The van der Waals surface area contributed by atoms with Crippen LogP contribution in [0, 0.1) is 40.5 Å². The molecule has 1 aliphatic rings. The van der Waals surface area contributed by atoms with Gasteiger partial charge in [-0.15, -0.1) is 4.33 Å². The van der Waals surface area contributed by atoms with Crippen LogP contribution in [0.5, 0.6) is 0 Å². The zero-order valence-electron chi connectivity index (χ0n) is 44.9. The summed E-state index contributed by atoms with van der Waals surface area (Å²) in [5.41, 5.74) is 6.11. The second-order valence-electron chi connectivity index (χ2n) is 16.5. The predicted octanol–water partition coefficient (Wildman–Crippen LogP) is 4.02. The largest absolute Gasteiger partial charge is 1.00 e. The van der Waals surface area contributed by atoms with Gasteiger partial charge in [0.15, 0.2) is 12.4 Å². The number of likely N-dealkylation sites (N-methyl/N-ethyl adjacent to an activating group) is 1. The molecule has 4 heterocycles. The average Bonchev–Trinajstić information content (AvgIpc) is 3.40. The number of nitrogens with zero attached hydrogens (tertiary/aromatic N) is 8. The number of halogens is 1. The Hall–Kier alpha value is -6.90. The van der Waals surface area contributed by atoms with Crippen LogP contribution in [-0.4, -0.2) is 126 Å². The van der Waals surface area contributed by atoms with E-state index < -0.39 is 36.7 Å². The van der Waals surface area contributed by atoms with E-state index in [1.54, 1.807) is 61.2 Å². The van der Waals surface area contributed by atoms with E-state index in [1.807, 2.05) is 78.6 Å². The molecule has 4 N–H and O–H groups in total. The molecule has 1 aliphatic heterocycles. The van der Waals surface area contributed by atoms with E-state index in [9.17, 15) is 44.7 Å². The van der Waals surface area contributed by atoms with Gasteiger partial charge in [0.2, 0.25) is 0 Å². The molecule has 0 saturated heterocycles. The molecule has 0 spiro atoms. The second-order valence-corrected chi connectivity index (χ2v) is 22.3. The van der Waals surface area contributed by atoms with Gasteiger partial charge >= 0.3 is 36.7 Å². The maximum Gasteiger partial charge on any atom is 1.00 e. The molecular weight excluding hydrogens is 1160 g/mol. The van der Waals surface area contributed by atoms with Crippen LogP contribution in [0.25, 0.3) is 27.8 Å². The van der Waals surface area contributed by atoms with Crippen molar-refractivity contribution in [3.05, 3.63) is 227 Å². The fourth-order valence-electron chi connectivity index (χ4n) is 5.82. The molecule has 4 aromatic carbocycles. The third-order valence-electron chi connectivity index (χ3n) is 9.51. The molecule has 80 heavy (non-hydrogen) atoms. The number of aromatic nitrogens is 3. The number of benzene rings is 4. The van der Waals surface area contributed by atoms with Crippen molar-refractivity contribution >= 4 is 85.0 Å². The smallest absolute Gasteiger partial charge is 1.00 e. The summed E-state index contributed by atoms with van der Waals surface area (Å²) in [4.78, 5) is 50.3. The van der Waals surface area contributed by atoms with Gasteiger partial charge in [-0.2, -0.15) is 0 Å². The number of hydrogen-bond donors (Lipinski definition) is 4. The summed E-state index contributed by atoms with van der Waals surface area (Å²) < 4.78 is 52.1. The van der Waals surface area contributed by atoms with Gasteiger partial charge in [-0.1, -0.05) is 70.5 Å². The molecule has 0 amide bonds. The van der Waals surface area contributed by atoms with Gasteiger partial charge in [-0.25, -0.2) is 22.5 Å². The molecule has 0 fully saturated rings. The van der Waals surface area contributed by atoms with Crippen LogP contribution in [0.2, 0.25) is 0 Å². The number of nitro benzene ring substituents is 4. The number of aryl methyl sites for hydroxylation is 1. The summed E-state index contributed by atoms with van der Waals surface area (Å²) in [6.45, 7) is 1.92. The van der Waals surface area contributed by atoms with E-state index in [0.29, 0.717) is 6.26 Å². The van der Waals surface area contributed by atoms with E-state index in [4.69, 9.17) is 32.8 Å². The molecule has 3 aromatic heterocycles. The topological polar surface area (TPSA) is 370 Å².